The summed E-state index contributed by atoms with van der Waals surface area (Å²) in [5.41, 5.74) is 2.96. The molecule has 0 fully saturated rings. The third-order valence-electron chi connectivity index (χ3n) is 5.52. The maximum absolute atomic E-state index is 14.0. The minimum absolute atomic E-state index is 0.0306. The van der Waals surface area contributed by atoms with Gasteiger partial charge in [0.05, 0.1) is 17.5 Å². The second-order valence-electron chi connectivity index (χ2n) is 9.50. The average Bonchev–Trinajstić information content (AvgIpc) is 3.16. The van der Waals surface area contributed by atoms with E-state index < -0.39 is 11.7 Å². The Kier molecular flexibility index (Phi) is 6.08. The Hall–Kier alpha value is -2.73. The Balaban J connectivity index is 1.85. The second kappa shape index (κ2) is 8.56. The first-order chi connectivity index (χ1) is 15.4. The lowest BCUT2D eigenvalue weighted by Crippen LogP contribution is -2.10. The predicted molar refractivity (Wildman–Crippen MR) is 131 cm³/mol. The number of halogens is 3. The van der Waals surface area contributed by atoms with E-state index in [2.05, 4.69) is 39.6 Å². The van der Waals surface area contributed by atoms with E-state index in [1.807, 2.05) is 48.5 Å². The number of benzene rings is 2. The number of alkyl halides is 3. The first-order valence-electron chi connectivity index (χ1n) is 10.9. The fourth-order valence-corrected chi connectivity index (χ4v) is 4.64. The number of hydrogen-bond acceptors (Lipinski definition) is 2. The number of rotatable bonds is 4. The third-order valence-corrected chi connectivity index (χ3v) is 6.53. The van der Waals surface area contributed by atoms with Gasteiger partial charge in [-0.15, -0.1) is 11.8 Å². The van der Waals surface area contributed by atoms with Crippen molar-refractivity contribution in [2.24, 2.45) is 0 Å². The van der Waals surface area contributed by atoms with Crippen molar-refractivity contribution in [1.82, 2.24) is 9.38 Å². The summed E-state index contributed by atoms with van der Waals surface area (Å²) < 4.78 is 43.4. The van der Waals surface area contributed by atoms with Crippen LogP contribution in [-0.2, 0) is 11.6 Å². The first kappa shape index (κ1) is 23.4. The fraction of sp³-hybridized carbons (Fsp3) is 0.296. The van der Waals surface area contributed by atoms with E-state index in [0.29, 0.717) is 16.5 Å². The van der Waals surface area contributed by atoms with Crippen LogP contribution in [0.1, 0.15) is 45.7 Å². The average molecular weight is 469 g/mol. The largest absolute Gasteiger partial charge is 0.420 e. The van der Waals surface area contributed by atoms with Gasteiger partial charge in [-0.25, -0.2) is 4.98 Å². The van der Waals surface area contributed by atoms with Crippen LogP contribution >= 0.6 is 11.8 Å². The number of imidazole rings is 1. The second-order valence-corrected chi connectivity index (χ2v) is 11.1. The zero-order valence-corrected chi connectivity index (χ0v) is 20.2. The topological polar surface area (TPSA) is 17.3 Å². The normalized spacial score (nSPS) is 12.6. The summed E-state index contributed by atoms with van der Waals surface area (Å²) in [6.07, 6.45) is -1.25. The van der Waals surface area contributed by atoms with E-state index in [0.717, 1.165) is 21.6 Å². The maximum Gasteiger partial charge on any atom is 0.420 e. The Labute approximate surface area is 196 Å². The molecule has 172 valence electrons. The molecule has 4 aromatic rings. The highest BCUT2D eigenvalue weighted by Crippen LogP contribution is 2.37. The molecule has 0 atom stereocenters. The first-order valence-corrected chi connectivity index (χ1v) is 11.8. The van der Waals surface area contributed by atoms with E-state index in [9.17, 15) is 13.2 Å². The molecule has 0 unspecified atom stereocenters. The van der Waals surface area contributed by atoms with Crippen molar-refractivity contribution in [3.05, 3.63) is 78.1 Å². The number of nitrogens with zero attached hydrogens (tertiary/aromatic N) is 2. The SMILES string of the molecule is CC(C)Sc1ccc(-c2cnc3c(C(F)(F)F)cc(-c4ccc(C(C)(C)C)cc4)cn23)cc1. The van der Waals surface area contributed by atoms with Crippen LogP contribution in [0.2, 0.25) is 0 Å². The molecule has 0 saturated carbocycles. The van der Waals surface area contributed by atoms with Crippen LogP contribution in [0.15, 0.2) is 71.9 Å². The minimum Gasteiger partial charge on any atom is -0.299 e. The number of pyridine rings is 1. The van der Waals surface area contributed by atoms with Crippen molar-refractivity contribution < 1.29 is 13.2 Å². The Morgan fingerprint density at radius 3 is 2.00 bits per heavy atom. The number of hydrogen-bond donors (Lipinski definition) is 0. The predicted octanol–water partition coefficient (Wildman–Crippen LogP) is 8.49. The zero-order chi connectivity index (χ0) is 24.0. The Morgan fingerprint density at radius 2 is 1.45 bits per heavy atom. The van der Waals surface area contributed by atoms with Crippen LogP contribution < -0.4 is 0 Å². The van der Waals surface area contributed by atoms with E-state index in [1.165, 1.54) is 12.3 Å². The summed E-state index contributed by atoms with van der Waals surface area (Å²) in [5.74, 6) is 0. The molecule has 0 aliphatic carbocycles. The smallest absolute Gasteiger partial charge is 0.299 e. The number of thioether (sulfide) groups is 1. The minimum atomic E-state index is -4.51. The lowest BCUT2D eigenvalue weighted by atomic mass is 9.86. The standard InChI is InChI=1S/C27H27F3N2S/c1-17(2)33-22-12-8-19(9-13-22)24-15-31-25-23(27(28,29)30)14-20(16-32(24)25)18-6-10-21(11-7-18)26(3,4)5/h6-17H,1-5H3. The molecule has 2 aromatic heterocycles. The van der Waals surface area contributed by atoms with Gasteiger partial charge >= 0.3 is 6.18 Å². The molecule has 0 amide bonds. The van der Waals surface area contributed by atoms with E-state index in [-0.39, 0.29) is 11.1 Å². The third kappa shape index (κ3) is 4.96. The summed E-state index contributed by atoms with van der Waals surface area (Å²) in [7, 11) is 0. The fourth-order valence-electron chi connectivity index (χ4n) is 3.81. The van der Waals surface area contributed by atoms with Gasteiger partial charge in [0, 0.05) is 21.9 Å². The molecule has 2 heterocycles. The molecule has 0 spiro atoms. The van der Waals surface area contributed by atoms with Gasteiger partial charge in [0.25, 0.3) is 0 Å². The Morgan fingerprint density at radius 1 is 0.848 bits per heavy atom. The van der Waals surface area contributed by atoms with Gasteiger partial charge in [0.15, 0.2) is 0 Å². The van der Waals surface area contributed by atoms with Crippen LogP contribution in [0.25, 0.3) is 28.0 Å². The monoisotopic (exact) mass is 468 g/mol. The van der Waals surface area contributed by atoms with Crippen LogP contribution in [0, 0.1) is 0 Å². The number of fused-ring (bicyclic) bond motifs is 1. The molecule has 6 heteroatoms. The van der Waals surface area contributed by atoms with Gasteiger partial charge in [0.1, 0.15) is 5.65 Å². The molecule has 2 aromatic carbocycles. The van der Waals surface area contributed by atoms with Crippen molar-refractivity contribution in [1.29, 1.82) is 0 Å². The van der Waals surface area contributed by atoms with Crippen molar-refractivity contribution >= 4 is 17.4 Å². The van der Waals surface area contributed by atoms with Crippen LogP contribution in [-0.4, -0.2) is 14.6 Å². The molecule has 0 N–H and O–H groups in total. The van der Waals surface area contributed by atoms with Gasteiger partial charge < -0.3 is 0 Å². The lowest BCUT2D eigenvalue weighted by Gasteiger charge is -2.19. The zero-order valence-electron chi connectivity index (χ0n) is 19.4. The van der Waals surface area contributed by atoms with Crippen LogP contribution in [0.3, 0.4) is 0 Å². The van der Waals surface area contributed by atoms with Crippen molar-refractivity contribution in [2.75, 3.05) is 0 Å². The molecule has 2 nitrogen and oxygen atoms in total. The van der Waals surface area contributed by atoms with Gasteiger partial charge in [-0.2, -0.15) is 13.2 Å². The molecular weight excluding hydrogens is 441 g/mol. The highest BCUT2D eigenvalue weighted by Gasteiger charge is 2.35. The molecular formula is C27H27F3N2S. The van der Waals surface area contributed by atoms with Crippen molar-refractivity contribution in [3.8, 4) is 22.4 Å². The highest BCUT2D eigenvalue weighted by atomic mass is 32.2. The van der Waals surface area contributed by atoms with Crippen LogP contribution in [0.4, 0.5) is 13.2 Å². The van der Waals surface area contributed by atoms with Crippen molar-refractivity contribution in [3.63, 3.8) is 0 Å². The van der Waals surface area contributed by atoms with Gasteiger partial charge in [-0.1, -0.05) is 71.0 Å². The maximum atomic E-state index is 14.0. The molecule has 0 radical (unpaired) electrons. The lowest BCUT2D eigenvalue weighted by molar-refractivity contribution is -0.136. The summed E-state index contributed by atoms with van der Waals surface area (Å²) in [6.45, 7) is 10.6. The number of aromatic nitrogens is 2. The summed E-state index contributed by atoms with van der Waals surface area (Å²) in [4.78, 5) is 5.27. The summed E-state index contributed by atoms with van der Waals surface area (Å²) >= 11 is 1.75. The van der Waals surface area contributed by atoms with Gasteiger partial charge in [-0.3, -0.25) is 4.40 Å². The molecule has 0 aliphatic rings. The van der Waals surface area contributed by atoms with E-state index >= 15 is 0 Å². The summed E-state index contributed by atoms with van der Waals surface area (Å²) in [5, 5.41) is 0.452. The molecule has 0 aliphatic heterocycles. The summed E-state index contributed by atoms with van der Waals surface area (Å²) in [6, 6.07) is 16.8. The highest BCUT2D eigenvalue weighted by molar-refractivity contribution is 7.99. The van der Waals surface area contributed by atoms with Gasteiger partial charge in [0.2, 0.25) is 0 Å². The van der Waals surface area contributed by atoms with Crippen molar-refractivity contribution in [2.45, 2.75) is 56.4 Å². The molecule has 4 rings (SSSR count). The quantitative estimate of drug-likeness (QED) is 0.279. The molecule has 33 heavy (non-hydrogen) atoms. The van der Waals surface area contributed by atoms with Crippen LogP contribution in [0.5, 0.6) is 0 Å². The Bertz CT molecular complexity index is 1260. The van der Waals surface area contributed by atoms with E-state index in [1.54, 1.807) is 22.4 Å². The molecule has 0 bridgehead atoms. The van der Waals surface area contributed by atoms with E-state index in [4.69, 9.17) is 0 Å². The van der Waals surface area contributed by atoms with Gasteiger partial charge in [-0.05, 0) is 40.3 Å². The molecule has 0 saturated heterocycles.